The molecule has 13 heteroatoms. The normalized spacial score (nSPS) is 21.2. The van der Waals surface area contributed by atoms with Crippen LogP contribution in [0, 0.1) is 0 Å². The summed E-state index contributed by atoms with van der Waals surface area (Å²) in [6, 6.07) is 0. The van der Waals surface area contributed by atoms with E-state index >= 15 is 0 Å². The molecule has 12 nitrogen and oxygen atoms in total. The Kier molecular flexibility index (Phi) is 32.0. The lowest BCUT2D eigenvalue weighted by atomic mass is 9.99. The minimum Gasteiger partial charge on any atom is -0.457 e. The second-order valence-electron chi connectivity index (χ2n) is 14.9. The van der Waals surface area contributed by atoms with E-state index in [9.17, 15) is 28.5 Å². The first-order valence-electron chi connectivity index (χ1n) is 21.4. The fourth-order valence-electron chi connectivity index (χ4n) is 6.61. The smallest absolute Gasteiger partial charge is 0.397 e. The van der Waals surface area contributed by atoms with Gasteiger partial charge in [-0.05, 0) is 38.5 Å². The van der Waals surface area contributed by atoms with E-state index < -0.39 is 59.8 Å². The molecule has 1 saturated heterocycles. The molecular formula is C41H78O12S. The lowest BCUT2D eigenvalue weighted by molar-refractivity contribution is -0.301. The first kappa shape index (κ1) is 50.9. The fraction of sp³-hybridized carbons (Fsp3) is 0.927. The second-order valence-corrected chi connectivity index (χ2v) is 16.0. The number of hydrogen-bond acceptors (Lipinski definition) is 11. The van der Waals surface area contributed by atoms with Gasteiger partial charge in [-0.15, -0.1) is 0 Å². The van der Waals surface area contributed by atoms with Crippen LogP contribution in [0.15, 0.2) is 12.2 Å². The van der Waals surface area contributed by atoms with Crippen LogP contribution in [0.1, 0.15) is 181 Å². The minimum absolute atomic E-state index is 0.0371. The first-order chi connectivity index (χ1) is 26.1. The fourth-order valence-corrected chi connectivity index (χ4v) is 7.12. The lowest BCUT2D eigenvalue weighted by Gasteiger charge is -2.41. The van der Waals surface area contributed by atoms with Crippen molar-refractivity contribution in [3.05, 3.63) is 12.2 Å². The highest BCUT2D eigenvalue weighted by molar-refractivity contribution is 7.80. The predicted molar refractivity (Wildman–Crippen MR) is 211 cm³/mol. The zero-order valence-corrected chi connectivity index (χ0v) is 34.6. The molecule has 0 amide bonds. The van der Waals surface area contributed by atoms with Gasteiger partial charge in [0.2, 0.25) is 0 Å². The predicted octanol–water partition coefficient (Wildman–Crippen LogP) is 8.30. The van der Waals surface area contributed by atoms with Crippen LogP contribution in [-0.4, -0.2) is 97.5 Å². The number of hydrogen-bond donors (Lipinski definition) is 4. The van der Waals surface area contributed by atoms with E-state index in [2.05, 4.69) is 23.3 Å². The van der Waals surface area contributed by atoms with Crippen LogP contribution in [0.2, 0.25) is 0 Å². The number of aliphatic hydroxyl groups is 3. The third kappa shape index (κ3) is 27.4. The number of carbonyl (C=O) groups excluding carboxylic acids is 1. The molecular weight excluding hydrogens is 717 g/mol. The van der Waals surface area contributed by atoms with Gasteiger partial charge in [-0.3, -0.25) is 9.35 Å². The summed E-state index contributed by atoms with van der Waals surface area (Å²) in [7, 11) is -5.05. The van der Waals surface area contributed by atoms with Gasteiger partial charge in [-0.2, -0.15) is 8.42 Å². The van der Waals surface area contributed by atoms with Crippen LogP contribution in [0.5, 0.6) is 0 Å². The molecule has 6 unspecified atom stereocenters. The Balaban J connectivity index is 2.17. The largest absolute Gasteiger partial charge is 0.457 e. The van der Waals surface area contributed by atoms with Crippen molar-refractivity contribution in [1.29, 1.82) is 0 Å². The summed E-state index contributed by atoms with van der Waals surface area (Å²) in [6.45, 7) is 3.80. The average Bonchev–Trinajstić information content (AvgIpc) is 3.14. The third-order valence-corrected chi connectivity index (χ3v) is 10.4. The third-order valence-electron chi connectivity index (χ3n) is 9.89. The van der Waals surface area contributed by atoms with E-state index in [1.807, 2.05) is 6.92 Å². The summed E-state index contributed by atoms with van der Waals surface area (Å²) in [6.07, 6.45) is 26.6. The molecule has 0 radical (unpaired) electrons. The summed E-state index contributed by atoms with van der Waals surface area (Å²) in [5.74, 6) is -0.422. The minimum atomic E-state index is -5.05. The topological polar surface area (TPSA) is 178 Å². The highest BCUT2D eigenvalue weighted by atomic mass is 32.3. The molecule has 1 aliphatic rings. The zero-order chi connectivity index (χ0) is 39.7. The van der Waals surface area contributed by atoms with Crippen molar-refractivity contribution in [2.45, 2.75) is 218 Å². The van der Waals surface area contributed by atoms with Crippen molar-refractivity contribution in [3.63, 3.8) is 0 Å². The molecule has 1 heterocycles. The Morgan fingerprint density at radius 3 is 1.67 bits per heavy atom. The van der Waals surface area contributed by atoms with Gasteiger partial charge < -0.3 is 34.3 Å². The van der Waals surface area contributed by atoms with E-state index in [0.29, 0.717) is 13.0 Å². The van der Waals surface area contributed by atoms with Crippen LogP contribution in [-0.2, 0) is 38.3 Å². The molecule has 0 bridgehead atoms. The molecule has 6 atom stereocenters. The van der Waals surface area contributed by atoms with Crippen molar-refractivity contribution in [1.82, 2.24) is 0 Å². The number of carbonyl (C=O) groups is 1. The van der Waals surface area contributed by atoms with Crippen LogP contribution in [0.4, 0.5) is 0 Å². The van der Waals surface area contributed by atoms with Crippen LogP contribution < -0.4 is 0 Å². The molecule has 0 spiro atoms. The highest BCUT2D eigenvalue weighted by Crippen LogP contribution is 2.26. The van der Waals surface area contributed by atoms with E-state index in [0.717, 1.165) is 32.1 Å². The molecule has 1 fully saturated rings. The highest BCUT2D eigenvalue weighted by Gasteiger charge is 2.48. The first-order valence-corrected chi connectivity index (χ1v) is 22.8. The Morgan fingerprint density at radius 2 is 1.17 bits per heavy atom. The Bertz CT molecular complexity index is 1010. The van der Waals surface area contributed by atoms with Crippen molar-refractivity contribution in [2.75, 3.05) is 26.4 Å². The number of esters is 1. The molecule has 1 aliphatic heterocycles. The van der Waals surface area contributed by atoms with Gasteiger partial charge in [0.15, 0.2) is 6.29 Å². The van der Waals surface area contributed by atoms with Crippen LogP contribution >= 0.6 is 0 Å². The summed E-state index contributed by atoms with van der Waals surface area (Å²) >= 11 is 0. The molecule has 0 saturated carbocycles. The van der Waals surface area contributed by atoms with Gasteiger partial charge in [-0.25, -0.2) is 4.18 Å². The van der Waals surface area contributed by atoms with Gasteiger partial charge in [0.1, 0.15) is 30.5 Å². The van der Waals surface area contributed by atoms with Gasteiger partial charge in [-0.1, -0.05) is 148 Å². The van der Waals surface area contributed by atoms with Crippen molar-refractivity contribution >= 4 is 16.4 Å². The zero-order valence-electron chi connectivity index (χ0n) is 33.8. The van der Waals surface area contributed by atoms with E-state index in [-0.39, 0.29) is 19.6 Å². The Labute approximate surface area is 328 Å². The SMILES string of the molecule is CCCCCCCCCC/C=C\CCCCCCCCCCCCCCOCC(COC1OC(CO)C(O)C(OS(=O)(=O)O)C1O)OC(=O)CCCCC. The maximum Gasteiger partial charge on any atom is 0.397 e. The van der Waals surface area contributed by atoms with Crippen LogP contribution in [0.3, 0.4) is 0 Å². The van der Waals surface area contributed by atoms with Gasteiger partial charge in [0.05, 0.1) is 19.8 Å². The van der Waals surface area contributed by atoms with Crippen LogP contribution in [0.25, 0.3) is 0 Å². The molecule has 320 valence electrons. The standard InChI is InChI=1S/C41H78O12S/c1-3-5-7-8-9-10-11-12-13-14-15-16-17-18-19-20-21-22-23-24-25-26-27-29-31-49-33-35(51-37(43)30-28-6-4-2)34-50-41-39(45)40(53-54(46,47)48)38(44)36(32-42)52-41/h14-15,35-36,38-42,44-45H,3-13,16-34H2,1-2H3,(H,46,47,48)/b15-14-. The summed E-state index contributed by atoms with van der Waals surface area (Å²) < 4.78 is 58.4. The number of aliphatic hydroxyl groups excluding tert-OH is 3. The number of allylic oxidation sites excluding steroid dienone is 2. The second kappa shape index (κ2) is 33.9. The Hall–Kier alpha value is -1.16. The quantitative estimate of drug-likeness (QED) is 0.0205. The molecule has 0 aromatic heterocycles. The molecule has 54 heavy (non-hydrogen) atoms. The van der Waals surface area contributed by atoms with Gasteiger partial charge in [0, 0.05) is 13.0 Å². The van der Waals surface area contributed by atoms with Crippen molar-refractivity contribution < 1.29 is 56.2 Å². The van der Waals surface area contributed by atoms with E-state index in [4.69, 9.17) is 23.5 Å². The van der Waals surface area contributed by atoms with Gasteiger partial charge in [0.25, 0.3) is 0 Å². The average molecular weight is 795 g/mol. The molecule has 0 aromatic rings. The van der Waals surface area contributed by atoms with Crippen molar-refractivity contribution in [3.8, 4) is 0 Å². The summed E-state index contributed by atoms with van der Waals surface area (Å²) in [4.78, 5) is 12.4. The molecule has 4 N–H and O–H groups in total. The monoisotopic (exact) mass is 795 g/mol. The van der Waals surface area contributed by atoms with Crippen molar-refractivity contribution in [2.24, 2.45) is 0 Å². The van der Waals surface area contributed by atoms with E-state index in [1.165, 1.54) is 122 Å². The molecule has 0 aromatic carbocycles. The van der Waals surface area contributed by atoms with E-state index in [1.54, 1.807) is 0 Å². The number of unbranched alkanes of at least 4 members (excludes halogenated alkanes) is 22. The number of ether oxygens (including phenoxy) is 4. The Morgan fingerprint density at radius 1 is 0.685 bits per heavy atom. The maximum atomic E-state index is 12.4. The maximum absolute atomic E-state index is 12.4. The molecule has 0 aliphatic carbocycles. The summed E-state index contributed by atoms with van der Waals surface area (Å²) in [5, 5.41) is 30.4. The van der Waals surface area contributed by atoms with Gasteiger partial charge >= 0.3 is 16.4 Å². The summed E-state index contributed by atoms with van der Waals surface area (Å²) in [5.41, 5.74) is 0. The lowest BCUT2D eigenvalue weighted by Crippen LogP contribution is -2.60. The molecule has 1 rings (SSSR count). The number of rotatable bonds is 37.